The summed E-state index contributed by atoms with van der Waals surface area (Å²) in [7, 11) is 1.51. The van der Waals surface area contributed by atoms with Crippen LogP contribution in [0.1, 0.15) is 6.42 Å². The minimum absolute atomic E-state index is 0.0173. The Morgan fingerprint density at radius 2 is 2.53 bits per heavy atom. The van der Waals surface area contributed by atoms with Crippen molar-refractivity contribution in [2.75, 3.05) is 25.1 Å². The number of aromatic nitrogens is 1. The molecule has 100 valence electrons. The molecule has 0 aliphatic carbocycles. The number of pyridine rings is 1. The molecule has 8 heteroatoms. The Bertz CT molecular complexity index is 544. The molecule has 1 amide bonds. The molecular weight excluding hydrogens is 314 g/mol. The molecule has 1 saturated heterocycles. The van der Waals surface area contributed by atoms with E-state index in [4.69, 9.17) is 10.3 Å². The SMILES string of the molecule is COc1ncc(Br)cc1N1CC(CN=[N+]=[N-])CC1=O. The number of carbonyl (C=O) groups excluding carboxylic acids is 1. The largest absolute Gasteiger partial charge is 0.480 e. The Morgan fingerprint density at radius 1 is 1.74 bits per heavy atom. The Labute approximate surface area is 118 Å². The third-order valence-corrected chi connectivity index (χ3v) is 3.32. The van der Waals surface area contributed by atoms with Crippen LogP contribution in [0.4, 0.5) is 5.69 Å². The predicted molar refractivity (Wildman–Crippen MR) is 73.0 cm³/mol. The molecule has 2 rings (SSSR count). The number of ether oxygens (including phenoxy) is 1. The number of azide groups is 1. The molecular formula is C11H12BrN5O2. The second-order valence-corrected chi connectivity index (χ2v) is 5.09. The lowest BCUT2D eigenvalue weighted by atomic mass is 10.1. The van der Waals surface area contributed by atoms with Crippen molar-refractivity contribution >= 4 is 27.5 Å². The van der Waals surface area contributed by atoms with Crippen LogP contribution in [0, 0.1) is 5.92 Å². The summed E-state index contributed by atoms with van der Waals surface area (Å²) in [6.45, 7) is 0.828. The van der Waals surface area contributed by atoms with Crippen molar-refractivity contribution in [3.8, 4) is 5.88 Å². The second kappa shape index (κ2) is 5.90. The van der Waals surface area contributed by atoms with Crippen molar-refractivity contribution in [2.24, 2.45) is 11.0 Å². The number of nitrogens with zero attached hydrogens (tertiary/aromatic N) is 5. The average Bonchev–Trinajstić information content (AvgIpc) is 2.77. The number of rotatable bonds is 4. The number of hydrogen-bond acceptors (Lipinski definition) is 4. The van der Waals surface area contributed by atoms with Gasteiger partial charge in [-0.1, -0.05) is 5.11 Å². The van der Waals surface area contributed by atoms with Crippen LogP contribution in [0.25, 0.3) is 10.4 Å². The Balaban J connectivity index is 2.24. The maximum atomic E-state index is 12.0. The van der Waals surface area contributed by atoms with Gasteiger partial charge in [0.1, 0.15) is 5.69 Å². The summed E-state index contributed by atoms with van der Waals surface area (Å²) < 4.78 is 5.94. The number of anilines is 1. The van der Waals surface area contributed by atoms with Crippen LogP contribution < -0.4 is 9.64 Å². The zero-order chi connectivity index (χ0) is 13.8. The summed E-state index contributed by atoms with van der Waals surface area (Å²) >= 11 is 3.33. The van der Waals surface area contributed by atoms with E-state index in [0.717, 1.165) is 4.47 Å². The van der Waals surface area contributed by atoms with Crippen molar-refractivity contribution < 1.29 is 9.53 Å². The van der Waals surface area contributed by atoms with Crippen LogP contribution in [0.15, 0.2) is 21.9 Å². The van der Waals surface area contributed by atoms with E-state index in [0.29, 0.717) is 31.1 Å². The van der Waals surface area contributed by atoms with Gasteiger partial charge in [-0.15, -0.1) is 0 Å². The summed E-state index contributed by atoms with van der Waals surface area (Å²) in [5.41, 5.74) is 8.95. The van der Waals surface area contributed by atoms with Gasteiger partial charge in [-0.05, 0) is 33.4 Å². The van der Waals surface area contributed by atoms with Gasteiger partial charge in [-0.3, -0.25) is 4.79 Å². The third kappa shape index (κ3) is 2.97. The molecule has 7 nitrogen and oxygen atoms in total. The molecule has 0 bridgehead atoms. The van der Waals surface area contributed by atoms with Gasteiger partial charge in [0.15, 0.2) is 0 Å². The maximum absolute atomic E-state index is 12.0. The van der Waals surface area contributed by atoms with Crippen molar-refractivity contribution in [3.63, 3.8) is 0 Å². The summed E-state index contributed by atoms with van der Waals surface area (Å²) in [5.74, 6) is 0.421. The second-order valence-electron chi connectivity index (χ2n) is 4.17. The Hall–Kier alpha value is -1.79. The van der Waals surface area contributed by atoms with Gasteiger partial charge in [-0.2, -0.15) is 0 Å². The number of halogens is 1. The van der Waals surface area contributed by atoms with E-state index in [1.807, 2.05) is 0 Å². The molecule has 1 fully saturated rings. The molecule has 19 heavy (non-hydrogen) atoms. The summed E-state index contributed by atoms with van der Waals surface area (Å²) in [6.07, 6.45) is 1.98. The number of amides is 1. The Kier molecular flexibility index (Phi) is 4.24. The highest BCUT2D eigenvalue weighted by Crippen LogP contribution is 2.33. The summed E-state index contributed by atoms with van der Waals surface area (Å²) in [4.78, 5) is 20.5. The predicted octanol–water partition coefficient (Wildman–Crippen LogP) is 2.52. The Morgan fingerprint density at radius 3 is 3.21 bits per heavy atom. The van der Waals surface area contributed by atoms with Crippen LogP contribution in [-0.4, -0.2) is 31.1 Å². The normalized spacial score (nSPS) is 18.3. The van der Waals surface area contributed by atoms with E-state index >= 15 is 0 Å². The average molecular weight is 326 g/mol. The fourth-order valence-electron chi connectivity index (χ4n) is 2.06. The van der Waals surface area contributed by atoms with Crippen LogP contribution >= 0.6 is 15.9 Å². The zero-order valence-electron chi connectivity index (χ0n) is 10.3. The van der Waals surface area contributed by atoms with Gasteiger partial charge in [0.25, 0.3) is 0 Å². The van der Waals surface area contributed by atoms with Crippen LogP contribution in [0.3, 0.4) is 0 Å². The molecule has 0 aromatic carbocycles. The monoisotopic (exact) mass is 325 g/mol. The lowest BCUT2D eigenvalue weighted by Gasteiger charge is -2.18. The molecule has 0 radical (unpaired) electrons. The molecule has 1 aromatic heterocycles. The van der Waals surface area contributed by atoms with E-state index in [1.165, 1.54) is 7.11 Å². The van der Waals surface area contributed by atoms with Gasteiger partial charge in [-0.25, -0.2) is 4.98 Å². The van der Waals surface area contributed by atoms with Crippen LogP contribution in [-0.2, 0) is 4.79 Å². The van der Waals surface area contributed by atoms with Crippen molar-refractivity contribution in [1.29, 1.82) is 0 Å². The van der Waals surface area contributed by atoms with Gasteiger partial charge in [0.05, 0.1) is 7.11 Å². The lowest BCUT2D eigenvalue weighted by Crippen LogP contribution is -2.25. The van der Waals surface area contributed by atoms with Crippen molar-refractivity contribution in [1.82, 2.24) is 4.98 Å². The standard InChI is InChI=1S/C11H12BrN5O2/c1-19-11-9(3-8(12)5-14-11)17-6-7(2-10(17)18)4-15-16-13/h3,5,7H,2,4,6H2,1H3. The molecule has 1 aromatic rings. The maximum Gasteiger partial charge on any atom is 0.237 e. The zero-order valence-corrected chi connectivity index (χ0v) is 11.9. The first-order chi connectivity index (χ1) is 9.15. The highest BCUT2D eigenvalue weighted by Gasteiger charge is 2.32. The quantitative estimate of drug-likeness (QED) is 0.483. The first kappa shape index (κ1) is 13.6. The highest BCUT2D eigenvalue weighted by molar-refractivity contribution is 9.10. The number of methoxy groups -OCH3 is 1. The molecule has 0 spiro atoms. The minimum atomic E-state index is -0.0173. The molecule has 1 aliphatic heterocycles. The van der Waals surface area contributed by atoms with Gasteiger partial charge >= 0.3 is 0 Å². The fraction of sp³-hybridized carbons (Fsp3) is 0.455. The molecule has 1 aliphatic rings. The first-order valence-electron chi connectivity index (χ1n) is 5.66. The van der Waals surface area contributed by atoms with Gasteiger partial charge in [0, 0.05) is 35.1 Å². The van der Waals surface area contributed by atoms with Gasteiger partial charge < -0.3 is 9.64 Å². The first-order valence-corrected chi connectivity index (χ1v) is 6.45. The summed E-state index contributed by atoms with van der Waals surface area (Å²) in [5, 5.41) is 3.52. The number of hydrogen-bond donors (Lipinski definition) is 0. The fourth-order valence-corrected chi connectivity index (χ4v) is 2.37. The molecule has 1 atom stereocenters. The van der Waals surface area contributed by atoms with E-state index in [1.54, 1.807) is 17.2 Å². The van der Waals surface area contributed by atoms with E-state index < -0.39 is 0 Å². The topological polar surface area (TPSA) is 91.2 Å². The van der Waals surface area contributed by atoms with Crippen molar-refractivity contribution in [2.45, 2.75) is 6.42 Å². The van der Waals surface area contributed by atoms with Crippen LogP contribution in [0.2, 0.25) is 0 Å². The summed E-state index contributed by atoms with van der Waals surface area (Å²) in [6, 6.07) is 1.79. The lowest BCUT2D eigenvalue weighted by molar-refractivity contribution is -0.117. The third-order valence-electron chi connectivity index (χ3n) is 2.89. The molecule has 0 N–H and O–H groups in total. The van der Waals surface area contributed by atoms with E-state index in [9.17, 15) is 4.79 Å². The van der Waals surface area contributed by atoms with E-state index in [-0.39, 0.29) is 11.8 Å². The molecule has 0 saturated carbocycles. The van der Waals surface area contributed by atoms with Crippen LogP contribution in [0.5, 0.6) is 5.88 Å². The highest BCUT2D eigenvalue weighted by atomic mass is 79.9. The minimum Gasteiger partial charge on any atom is -0.480 e. The van der Waals surface area contributed by atoms with Crippen molar-refractivity contribution in [3.05, 3.63) is 27.2 Å². The smallest absolute Gasteiger partial charge is 0.237 e. The number of carbonyl (C=O) groups is 1. The molecule has 1 unspecified atom stereocenters. The van der Waals surface area contributed by atoms with Gasteiger partial charge in [0.2, 0.25) is 11.8 Å². The van der Waals surface area contributed by atoms with E-state index in [2.05, 4.69) is 30.9 Å². The molecule has 2 heterocycles.